The van der Waals surface area contributed by atoms with Crippen molar-refractivity contribution in [2.45, 2.75) is 239 Å². The van der Waals surface area contributed by atoms with E-state index in [-0.39, 0.29) is 0 Å². The lowest BCUT2D eigenvalue weighted by Crippen LogP contribution is -2.24. The van der Waals surface area contributed by atoms with E-state index in [9.17, 15) is 0 Å². The van der Waals surface area contributed by atoms with Crippen LogP contribution in [0.15, 0.2) is 0 Å². The van der Waals surface area contributed by atoms with Gasteiger partial charge in [0, 0.05) is 0 Å². The lowest BCUT2D eigenvalue weighted by Gasteiger charge is -2.38. The second-order valence-electron chi connectivity index (χ2n) is 13.8. The summed E-state index contributed by atoms with van der Waals surface area (Å²) in [5, 5.41) is 0. The summed E-state index contributed by atoms with van der Waals surface area (Å²) >= 11 is 0. The van der Waals surface area contributed by atoms with Crippen LogP contribution in [0.2, 0.25) is 0 Å². The second kappa shape index (κ2) is 28.5. The van der Waals surface area contributed by atoms with E-state index in [0.717, 1.165) is 5.41 Å². The zero-order valence-corrected chi connectivity index (χ0v) is 27.2. The molecule has 0 bridgehead atoms. The van der Waals surface area contributed by atoms with Gasteiger partial charge in [0.05, 0.1) is 0 Å². The highest BCUT2D eigenvalue weighted by Gasteiger charge is 2.30. The fourth-order valence-corrected chi connectivity index (χ4v) is 7.32. The molecule has 0 amide bonds. The minimum atomic E-state index is 0.756. The van der Waals surface area contributed by atoms with Crippen LogP contribution in [0.1, 0.15) is 239 Å². The molecule has 0 heteroatoms. The SMILES string of the molecule is CCCCCCCCCCCCCCCCC1(CCCCCCCCCCCCCCCC)CCCCC1. The van der Waals surface area contributed by atoms with Gasteiger partial charge >= 0.3 is 0 Å². The van der Waals surface area contributed by atoms with E-state index in [2.05, 4.69) is 13.8 Å². The molecule has 0 aliphatic heterocycles. The maximum atomic E-state index is 2.32. The molecule has 0 heterocycles. The Labute approximate surface area is 243 Å². The zero-order valence-electron chi connectivity index (χ0n) is 27.2. The molecular formula is C38H76. The normalized spacial score (nSPS) is 15.3. The average Bonchev–Trinajstić information content (AvgIpc) is 2.94. The highest BCUT2D eigenvalue weighted by Crippen LogP contribution is 2.44. The molecule has 1 fully saturated rings. The lowest BCUT2D eigenvalue weighted by atomic mass is 9.68. The second-order valence-corrected chi connectivity index (χ2v) is 13.8. The minimum Gasteiger partial charge on any atom is -0.0654 e. The van der Waals surface area contributed by atoms with Crippen LogP contribution in [0.5, 0.6) is 0 Å². The van der Waals surface area contributed by atoms with Gasteiger partial charge in [0.2, 0.25) is 0 Å². The Morgan fingerprint density at radius 1 is 0.289 bits per heavy atom. The minimum absolute atomic E-state index is 0.756. The van der Waals surface area contributed by atoms with Crippen LogP contribution in [0, 0.1) is 5.41 Å². The Balaban J connectivity index is 1.93. The maximum Gasteiger partial charge on any atom is -0.0297 e. The van der Waals surface area contributed by atoms with Gasteiger partial charge in [-0.05, 0) is 31.1 Å². The van der Waals surface area contributed by atoms with Gasteiger partial charge in [0.25, 0.3) is 0 Å². The largest absolute Gasteiger partial charge is 0.0654 e. The van der Waals surface area contributed by atoms with Crippen molar-refractivity contribution in [3.05, 3.63) is 0 Å². The Bertz CT molecular complexity index is 397. The molecule has 0 saturated heterocycles. The fraction of sp³-hybridized carbons (Fsp3) is 1.00. The summed E-state index contributed by atoms with van der Waals surface area (Å²) in [6, 6.07) is 0. The molecule has 0 spiro atoms. The molecule has 1 saturated carbocycles. The summed E-state index contributed by atoms with van der Waals surface area (Å²) in [5.74, 6) is 0. The van der Waals surface area contributed by atoms with Gasteiger partial charge in [0.15, 0.2) is 0 Å². The van der Waals surface area contributed by atoms with Crippen molar-refractivity contribution in [1.82, 2.24) is 0 Å². The van der Waals surface area contributed by atoms with Crippen molar-refractivity contribution < 1.29 is 0 Å². The van der Waals surface area contributed by atoms with Crippen molar-refractivity contribution in [3.8, 4) is 0 Å². The molecule has 1 rings (SSSR count). The number of hydrogen-bond acceptors (Lipinski definition) is 0. The molecule has 1 aliphatic carbocycles. The van der Waals surface area contributed by atoms with E-state index in [0.29, 0.717) is 0 Å². The first kappa shape index (κ1) is 36.0. The summed E-state index contributed by atoms with van der Waals surface area (Å²) < 4.78 is 0. The van der Waals surface area contributed by atoms with Crippen LogP contribution in [0.4, 0.5) is 0 Å². The van der Waals surface area contributed by atoms with Crippen molar-refractivity contribution in [2.75, 3.05) is 0 Å². The maximum absolute atomic E-state index is 2.32. The Hall–Kier alpha value is 0. The number of unbranched alkanes of at least 4 members (excludes halogenated alkanes) is 26. The fourth-order valence-electron chi connectivity index (χ4n) is 7.32. The first-order valence-electron chi connectivity index (χ1n) is 18.8. The van der Waals surface area contributed by atoms with Crippen LogP contribution in [-0.4, -0.2) is 0 Å². The van der Waals surface area contributed by atoms with E-state index >= 15 is 0 Å². The predicted molar refractivity (Wildman–Crippen MR) is 175 cm³/mol. The van der Waals surface area contributed by atoms with Crippen LogP contribution >= 0.6 is 0 Å². The highest BCUT2D eigenvalue weighted by atomic mass is 14.4. The molecule has 0 aromatic carbocycles. The van der Waals surface area contributed by atoms with Gasteiger partial charge in [-0.2, -0.15) is 0 Å². The molecular weight excluding hydrogens is 456 g/mol. The van der Waals surface area contributed by atoms with Gasteiger partial charge in [-0.15, -0.1) is 0 Å². The third-order valence-corrected chi connectivity index (χ3v) is 10.0. The molecule has 0 aromatic rings. The van der Waals surface area contributed by atoms with Gasteiger partial charge in [-0.3, -0.25) is 0 Å². The van der Waals surface area contributed by atoms with E-state index in [4.69, 9.17) is 0 Å². The molecule has 0 radical (unpaired) electrons. The van der Waals surface area contributed by atoms with Crippen molar-refractivity contribution in [1.29, 1.82) is 0 Å². The molecule has 38 heavy (non-hydrogen) atoms. The van der Waals surface area contributed by atoms with Crippen LogP contribution in [0.3, 0.4) is 0 Å². The standard InChI is InChI=1S/C38H76/c1-3-5-7-9-11-13-15-17-19-21-23-25-27-30-34-38(36-32-29-33-37-38)35-31-28-26-24-22-20-18-16-14-12-10-8-6-4-2/h3-37H2,1-2H3. The molecule has 0 atom stereocenters. The summed E-state index contributed by atoms with van der Waals surface area (Å²) in [6.45, 7) is 4.63. The Morgan fingerprint density at radius 3 is 0.789 bits per heavy atom. The van der Waals surface area contributed by atoms with Crippen LogP contribution < -0.4 is 0 Å². The van der Waals surface area contributed by atoms with Gasteiger partial charge in [0.1, 0.15) is 0 Å². The van der Waals surface area contributed by atoms with Crippen LogP contribution in [0.25, 0.3) is 0 Å². The smallest absolute Gasteiger partial charge is 0.0297 e. The summed E-state index contributed by atoms with van der Waals surface area (Å²) in [4.78, 5) is 0. The number of hydrogen-bond donors (Lipinski definition) is 0. The van der Waals surface area contributed by atoms with Gasteiger partial charge < -0.3 is 0 Å². The predicted octanol–water partition coefficient (Wildman–Crippen LogP) is 14.7. The molecule has 0 unspecified atom stereocenters. The zero-order chi connectivity index (χ0) is 27.2. The highest BCUT2D eigenvalue weighted by molar-refractivity contribution is 4.83. The summed E-state index contributed by atoms with van der Waals surface area (Å²) in [5.41, 5.74) is 0.756. The van der Waals surface area contributed by atoms with E-state index in [1.807, 2.05) is 0 Å². The van der Waals surface area contributed by atoms with Crippen molar-refractivity contribution in [2.24, 2.45) is 5.41 Å². The van der Waals surface area contributed by atoms with E-state index in [1.54, 1.807) is 25.7 Å². The van der Waals surface area contributed by atoms with Gasteiger partial charge in [-0.1, -0.05) is 213 Å². The summed E-state index contributed by atoms with van der Waals surface area (Å²) in [6.07, 6.45) is 52.4. The topological polar surface area (TPSA) is 0 Å². The molecule has 0 nitrogen and oxygen atoms in total. The summed E-state index contributed by atoms with van der Waals surface area (Å²) in [7, 11) is 0. The van der Waals surface area contributed by atoms with Crippen molar-refractivity contribution >= 4 is 0 Å². The first-order chi connectivity index (χ1) is 18.8. The third kappa shape index (κ3) is 22.8. The van der Waals surface area contributed by atoms with Crippen LogP contribution in [-0.2, 0) is 0 Å². The molecule has 1 aliphatic rings. The first-order valence-corrected chi connectivity index (χ1v) is 18.8. The lowest BCUT2D eigenvalue weighted by molar-refractivity contribution is 0.146. The van der Waals surface area contributed by atoms with Crippen molar-refractivity contribution in [3.63, 3.8) is 0 Å². The Morgan fingerprint density at radius 2 is 0.526 bits per heavy atom. The monoisotopic (exact) mass is 533 g/mol. The molecule has 228 valence electrons. The molecule has 0 aromatic heterocycles. The quantitative estimate of drug-likeness (QED) is 0.0807. The van der Waals surface area contributed by atoms with Gasteiger partial charge in [-0.25, -0.2) is 0 Å². The number of rotatable bonds is 30. The van der Waals surface area contributed by atoms with E-state index < -0.39 is 0 Å². The van der Waals surface area contributed by atoms with E-state index in [1.165, 1.54) is 199 Å². The third-order valence-electron chi connectivity index (χ3n) is 10.0. The molecule has 0 N–H and O–H groups in total. The Kier molecular flexibility index (Phi) is 27.0. The average molecular weight is 533 g/mol.